The second-order valence-electron chi connectivity index (χ2n) is 7.40. The number of benzene rings is 1. The van der Waals surface area contributed by atoms with E-state index in [1.54, 1.807) is 26.4 Å². The van der Waals surface area contributed by atoms with Crippen LogP contribution in [0.3, 0.4) is 0 Å². The molecule has 0 spiro atoms. The van der Waals surface area contributed by atoms with Gasteiger partial charge in [0.05, 0.1) is 24.9 Å². The van der Waals surface area contributed by atoms with Gasteiger partial charge in [-0.15, -0.1) is 0 Å². The molecule has 1 aromatic carbocycles. The van der Waals surface area contributed by atoms with Crippen LogP contribution in [0.2, 0.25) is 5.02 Å². The quantitative estimate of drug-likeness (QED) is 0.475. The van der Waals surface area contributed by atoms with Gasteiger partial charge in [-0.05, 0) is 25.0 Å². The third-order valence-electron chi connectivity index (χ3n) is 5.40. The first kappa shape index (κ1) is 21.9. The Balaban J connectivity index is 1.57. The second-order valence-corrected chi connectivity index (χ2v) is 9.15. The fraction of sp³-hybridized carbons (Fsp3) is 0.350. The van der Waals surface area contributed by atoms with Crippen LogP contribution in [0.1, 0.15) is 12.8 Å². The fourth-order valence-electron chi connectivity index (χ4n) is 3.86. The molecule has 31 heavy (non-hydrogen) atoms. The lowest BCUT2D eigenvalue weighted by molar-refractivity contribution is 0.335. The van der Waals surface area contributed by atoms with E-state index in [4.69, 9.17) is 35.8 Å². The van der Waals surface area contributed by atoms with Crippen LogP contribution in [0.4, 0.5) is 5.69 Å². The molecule has 3 aromatic rings. The molecule has 0 saturated carbocycles. The summed E-state index contributed by atoms with van der Waals surface area (Å²) in [5.74, 6) is 1.15. The summed E-state index contributed by atoms with van der Waals surface area (Å²) in [6.45, 7) is 1.40. The van der Waals surface area contributed by atoms with Gasteiger partial charge in [0.2, 0.25) is 0 Å². The topological polar surface area (TPSA) is 109 Å². The van der Waals surface area contributed by atoms with Crippen LogP contribution in [-0.4, -0.2) is 52.5 Å². The van der Waals surface area contributed by atoms with Crippen LogP contribution in [-0.2, 0) is 4.57 Å². The van der Waals surface area contributed by atoms with E-state index >= 15 is 0 Å². The maximum Gasteiger partial charge on any atom is 0.400 e. The number of hydrogen-bond acceptors (Lipinski definition) is 5. The Labute approximate surface area is 184 Å². The molecule has 3 heterocycles. The van der Waals surface area contributed by atoms with Gasteiger partial charge >= 0.3 is 7.75 Å². The van der Waals surface area contributed by atoms with E-state index < -0.39 is 7.75 Å². The molecule has 9 nitrogen and oxygen atoms in total. The van der Waals surface area contributed by atoms with Gasteiger partial charge < -0.3 is 28.6 Å². The highest BCUT2D eigenvalue weighted by molar-refractivity contribution is 7.49. The number of hydrogen-bond donors (Lipinski definition) is 3. The predicted molar refractivity (Wildman–Crippen MR) is 119 cm³/mol. The Kier molecular flexibility index (Phi) is 6.14. The van der Waals surface area contributed by atoms with E-state index in [9.17, 15) is 4.57 Å². The van der Waals surface area contributed by atoms with Crippen molar-refractivity contribution in [1.82, 2.24) is 14.5 Å². The van der Waals surface area contributed by atoms with E-state index in [2.05, 4.69) is 9.99 Å². The summed E-state index contributed by atoms with van der Waals surface area (Å²) < 4.78 is 23.8. The van der Waals surface area contributed by atoms with Crippen molar-refractivity contribution >= 4 is 30.7 Å². The summed E-state index contributed by atoms with van der Waals surface area (Å²) in [5, 5.41) is 2.87. The van der Waals surface area contributed by atoms with Crippen LogP contribution in [0.25, 0.3) is 16.9 Å². The number of nitrogens with one attached hydrogen (secondary N) is 1. The molecule has 11 heteroatoms. The minimum atomic E-state index is -4.21. The van der Waals surface area contributed by atoms with Gasteiger partial charge in [-0.25, -0.2) is 14.6 Å². The predicted octanol–water partition coefficient (Wildman–Crippen LogP) is 3.32. The van der Waals surface area contributed by atoms with Gasteiger partial charge in [-0.2, -0.15) is 0 Å². The summed E-state index contributed by atoms with van der Waals surface area (Å²) in [7, 11) is -1.07. The van der Waals surface area contributed by atoms with Gasteiger partial charge in [0.1, 0.15) is 17.1 Å². The number of aromatic nitrogens is 2. The SMILES string of the molecule is COc1cc(OC)c(-c2cn3ccc(N4CCC(NP(=O)(O)O)CC4)cc3n2)cc1Cl. The minimum Gasteiger partial charge on any atom is -0.496 e. The van der Waals surface area contributed by atoms with Crippen LogP contribution < -0.4 is 19.5 Å². The molecule has 1 aliphatic rings. The van der Waals surface area contributed by atoms with E-state index in [0.717, 1.165) is 22.6 Å². The minimum absolute atomic E-state index is 0.189. The van der Waals surface area contributed by atoms with Crippen molar-refractivity contribution in [3.05, 3.63) is 41.7 Å². The molecule has 0 unspecified atom stereocenters. The van der Waals surface area contributed by atoms with Crippen LogP contribution in [0.5, 0.6) is 11.5 Å². The number of fused-ring (bicyclic) bond motifs is 1. The van der Waals surface area contributed by atoms with Gasteiger partial charge in [0, 0.05) is 54.9 Å². The number of rotatable bonds is 6. The molecule has 1 fully saturated rings. The van der Waals surface area contributed by atoms with E-state index in [1.165, 1.54) is 0 Å². The molecule has 4 rings (SSSR count). The molecule has 0 bridgehead atoms. The Morgan fingerprint density at radius 1 is 1.16 bits per heavy atom. The van der Waals surface area contributed by atoms with Crippen LogP contribution in [0, 0.1) is 0 Å². The molecular weight excluding hydrogens is 443 g/mol. The number of nitrogens with zero attached hydrogens (tertiary/aromatic N) is 3. The summed E-state index contributed by atoms with van der Waals surface area (Å²) in [4.78, 5) is 25.1. The molecule has 0 amide bonds. The first-order valence-electron chi connectivity index (χ1n) is 9.76. The number of methoxy groups -OCH3 is 2. The molecule has 1 aliphatic heterocycles. The molecule has 2 aromatic heterocycles. The Morgan fingerprint density at radius 2 is 1.87 bits per heavy atom. The Morgan fingerprint density at radius 3 is 2.52 bits per heavy atom. The number of halogens is 1. The third kappa shape index (κ3) is 4.81. The lowest BCUT2D eigenvalue weighted by Gasteiger charge is -2.34. The highest BCUT2D eigenvalue weighted by Gasteiger charge is 2.25. The number of ether oxygens (including phenoxy) is 2. The molecule has 166 valence electrons. The number of imidazole rings is 1. The smallest absolute Gasteiger partial charge is 0.400 e. The first-order chi connectivity index (χ1) is 14.8. The summed E-state index contributed by atoms with van der Waals surface area (Å²) in [5.41, 5.74) is 3.28. The molecule has 0 radical (unpaired) electrons. The highest BCUT2D eigenvalue weighted by atomic mass is 35.5. The Bertz CT molecular complexity index is 1140. The monoisotopic (exact) mass is 466 g/mol. The molecular formula is C20H24ClN4O5P. The third-order valence-corrected chi connectivity index (χ3v) is 6.40. The maximum absolute atomic E-state index is 11.2. The fourth-order valence-corrected chi connectivity index (χ4v) is 4.84. The normalized spacial score (nSPS) is 15.5. The van der Waals surface area contributed by atoms with Crippen LogP contribution in [0.15, 0.2) is 36.7 Å². The van der Waals surface area contributed by atoms with Crippen molar-refractivity contribution in [2.75, 3.05) is 32.2 Å². The molecule has 3 N–H and O–H groups in total. The molecule has 0 atom stereocenters. The van der Waals surface area contributed by atoms with E-state index in [0.29, 0.717) is 42.5 Å². The zero-order valence-corrected chi connectivity index (χ0v) is 18.8. The first-order valence-corrected chi connectivity index (χ1v) is 11.8. The van der Waals surface area contributed by atoms with Crippen molar-refractivity contribution in [2.45, 2.75) is 18.9 Å². The average Bonchev–Trinajstić information content (AvgIpc) is 3.16. The van der Waals surface area contributed by atoms with Crippen molar-refractivity contribution in [2.24, 2.45) is 0 Å². The van der Waals surface area contributed by atoms with Crippen LogP contribution >= 0.6 is 19.3 Å². The van der Waals surface area contributed by atoms with Crippen molar-refractivity contribution in [1.29, 1.82) is 0 Å². The zero-order chi connectivity index (χ0) is 22.2. The van der Waals surface area contributed by atoms with Crippen molar-refractivity contribution < 1.29 is 23.8 Å². The largest absolute Gasteiger partial charge is 0.496 e. The molecule has 0 aliphatic carbocycles. The summed E-state index contributed by atoms with van der Waals surface area (Å²) in [6.07, 6.45) is 5.16. The van der Waals surface area contributed by atoms with E-state index in [-0.39, 0.29) is 6.04 Å². The van der Waals surface area contributed by atoms with Gasteiger partial charge in [0.25, 0.3) is 0 Å². The maximum atomic E-state index is 11.2. The van der Waals surface area contributed by atoms with Crippen molar-refractivity contribution in [3.8, 4) is 22.8 Å². The van der Waals surface area contributed by atoms with Gasteiger partial charge in [-0.3, -0.25) is 0 Å². The number of anilines is 1. The number of piperidine rings is 1. The highest BCUT2D eigenvalue weighted by Crippen LogP contribution is 2.38. The molecule has 1 saturated heterocycles. The average molecular weight is 467 g/mol. The summed E-state index contributed by atoms with van der Waals surface area (Å²) in [6, 6.07) is 7.33. The standard InChI is InChI=1S/C20H24ClN4O5P/c1-29-18-11-19(30-2)16(21)10-15(18)17-12-25-8-5-14(9-20(25)22-17)24-6-3-13(4-7-24)23-31(26,27)28/h5,8-13H,3-4,6-7H2,1-2H3,(H3,23,26,27,28). The van der Waals surface area contributed by atoms with Crippen molar-refractivity contribution in [3.63, 3.8) is 0 Å². The zero-order valence-electron chi connectivity index (χ0n) is 17.2. The summed E-state index contributed by atoms with van der Waals surface area (Å²) >= 11 is 6.31. The Hall–Kier alpha value is -2.29. The van der Waals surface area contributed by atoms with Gasteiger partial charge in [0.15, 0.2) is 0 Å². The van der Waals surface area contributed by atoms with Gasteiger partial charge in [-0.1, -0.05) is 11.6 Å². The lowest BCUT2D eigenvalue weighted by atomic mass is 10.1. The number of pyridine rings is 1. The lowest BCUT2D eigenvalue weighted by Crippen LogP contribution is -2.41. The second kappa shape index (κ2) is 8.68. The van der Waals surface area contributed by atoms with E-state index in [1.807, 2.05) is 28.9 Å².